The zero-order valence-electron chi connectivity index (χ0n) is 42.3. The van der Waals surface area contributed by atoms with Crippen LogP contribution in [0.2, 0.25) is 13.1 Å². The van der Waals surface area contributed by atoms with E-state index in [2.05, 4.69) is 206 Å². The first-order valence-electron chi connectivity index (χ1n) is 24.5. The first-order valence-corrected chi connectivity index (χ1v) is 27.4. The van der Waals surface area contributed by atoms with Crippen molar-refractivity contribution in [2.75, 3.05) is 9.80 Å². The minimum atomic E-state index is -1.36. The molecule has 6 aromatic rings. The van der Waals surface area contributed by atoms with E-state index in [1.165, 1.54) is 120 Å². The molecule has 0 spiro atoms. The standard InChI is InChI=1S/C59H73BN2OSi/c1-35-28-47-51-48(29-35)62(45-22-18-37(55(5,6)7)31-50(45)64(16)17)52-39-30-36(54(2,3)4)19-23-49(39)63-53(52)60(51)44-33-42-43(59(14,15)27-26-58(42,12)13)34-46(44)61(47)38-20-21-40-41(32-38)57(10,11)25-24-56(40,8)9/h18-23,28-34,64H,24-27H2,1-17H3. The summed E-state index contributed by atoms with van der Waals surface area (Å²) in [4.78, 5) is 5.34. The third-order valence-corrected chi connectivity index (χ3v) is 18.2. The van der Waals surface area contributed by atoms with Gasteiger partial charge in [-0.2, -0.15) is 0 Å². The van der Waals surface area contributed by atoms with Crippen molar-refractivity contribution in [2.24, 2.45) is 0 Å². The van der Waals surface area contributed by atoms with Crippen molar-refractivity contribution in [3.05, 3.63) is 118 Å². The van der Waals surface area contributed by atoms with Crippen LogP contribution in [0, 0.1) is 6.92 Å². The Kier molecular flexibility index (Phi) is 9.35. The average molecular weight is 865 g/mol. The Bertz CT molecular complexity index is 2930. The van der Waals surface area contributed by atoms with E-state index in [1.54, 1.807) is 0 Å². The van der Waals surface area contributed by atoms with E-state index in [0.717, 1.165) is 11.2 Å². The number of nitrogens with zero attached hydrogens (tertiary/aromatic N) is 2. The number of aryl methyl sites for hydroxylation is 1. The minimum Gasteiger partial charge on any atom is -0.468 e. The Labute approximate surface area is 387 Å². The van der Waals surface area contributed by atoms with E-state index in [-0.39, 0.29) is 39.2 Å². The summed E-state index contributed by atoms with van der Waals surface area (Å²) in [5.74, 6) is 0. The Morgan fingerprint density at radius 3 is 1.67 bits per heavy atom. The van der Waals surface area contributed by atoms with Crippen molar-refractivity contribution < 1.29 is 4.42 Å². The van der Waals surface area contributed by atoms with E-state index in [1.807, 2.05) is 0 Å². The molecule has 332 valence electrons. The molecule has 3 heterocycles. The number of hydrogen-bond donors (Lipinski definition) is 0. The lowest BCUT2D eigenvalue weighted by Gasteiger charge is -2.47. The number of rotatable bonds is 3. The van der Waals surface area contributed by atoms with E-state index in [4.69, 9.17) is 4.42 Å². The Balaban J connectivity index is 1.35. The van der Waals surface area contributed by atoms with Crippen LogP contribution < -0.4 is 31.6 Å². The van der Waals surface area contributed by atoms with Crippen molar-refractivity contribution in [1.82, 2.24) is 0 Å². The monoisotopic (exact) mass is 865 g/mol. The van der Waals surface area contributed by atoms with Crippen LogP contribution in [-0.4, -0.2) is 15.5 Å². The molecule has 2 aliphatic heterocycles. The van der Waals surface area contributed by atoms with Crippen molar-refractivity contribution >= 4 is 82.4 Å². The number of hydrogen-bond acceptors (Lipinski definition) is 3. The summed E-state index contributed by atoms with van der Waals surface area (Å²) < 4.78 is 7.48. The van der Waals surface area contributed by atoms with Crippen LogP contribution in [0.15, 0.2) is 83.3 Å². The summed E-state index contributed by atoms with van der Waals surface area (Å²) in [6.45, 7) is 41.0. The number of furan rings is 1. The maximum atomic E-state index is 7.48. The minimum absolute atomic E-state index is 0.0160. The summed E-state index contributed by atoms with van der Waals surface area (Å²) in [7, 11) is -1.36. The molecule has 64 heavy (non-hydrogen) atoms. The molecule has 0 N–H and O–H groups in total. The Morgan fingerprint density at radius 2 is 1.08 bits per heavy atom. The maximum Gasteiger partial charge on any atom is 0.297 e. The Hall–Kier alpha value is -4.48. The van der Waals surface area contributed by atoms with Crippen molar-refractivity contribution in [3.8, 4) is 0 Å². The fourth-order valence-electron chi connectivity index (χ4n) is 12.1. The summed E-state index contributed by atoms with van der Waals surface area (Å²) in [6.07, 6.45) is 4.73. The lowest BCUT2D eigenvalue weighted by Crippen LogP contribution is -2.61. The second kappa shape index (κ2) is 13.8. The molecule has 0 saturated heterocycles. The van der Waals surface area contributed by atoms with Gasteiger partial charge in [-0.25, -0.2) is 0 Å². The zero-order chi connectivity index (χ0) is 46.0. The number of fused-ring (bicyclic) bond motifs is 8. The first-order chi connectivity index (χ1) is 29.7. The predicted octanol–water partition coefficient (Wildman–Crippen LogP) is 13.8. The van der Waals surface area contributed by atoms with Crippen LogP contribution in [-0.2, 0) is 32.5 Å². The molecule has 0 bridgehead atoms. The van der Waals surface area contributed by atoms with Gasteiger partial charge in [0.05, 0.1) is 20.1 Å². The molecular formula is C59H73BN2OSi. The van der Waals surface area contributed by atoms with Crippen LogP contribution in [0.3, 0.4) is 0 Å². The van der Waals surface area contributed by atoms with Gasteiger partial charge in [0.2, 0.25) is 0 Å². The van der Waals surface area contributed by atoms with Gasteiger partial charge in [0, 0.05) is 33.8 Å². The van der Waals surface area contributed by atoms with Gasteiger partial charge in [-0.1, -0.05) is 140 Å². The topological polar surface area (TPSA) is 19.6 Å². The predicted molar refractivity (Wildman–Crippen MR) is 281 cm³/mol. The van der Waals surface area contributed by atoms with E-state index < -0.39 is 8.80 Å². The third kappa shape index (κ3) is 6.47. The molecule has 5 heteroatoms. The normalized spacial score (nSPS) is 19.0. The van der Waals surface area contributed by atoms with Gasteiger partial charge < -0.3 is 14.2 Å². The highest BCUT2D eigenvalue weighted by atomic mass is 28.3. The highest BCUT2D eigenvalue weighted by Crippen LogP contribution is 2.53. The van der Waals surface area contributed by atoms with E-state index >= 15 is 0 Å². The summed E-state index contributed by atoms with van der Waals surface area (Å²) in [5, 5.41) is 2.70. The van der Waals surface area contributed by atoms with Gasteiger partial charge in [-0.3, -0.25) is 0 Å². The van der Waals surface area contributed by atoms with Gasteiger partial charge in [-0.05, 0) is 169 Å². The molecule has 0 saturated carbocycles. The van der Waals surface area contributed by atoms with Crippen LogP contribution >= 0.6 is 0 Å². The molecule has 2 aliphatic carbocycles. The molecular weight excluding hydrogens is 792 g/mol. The molecule has 0 fully saturated rings. The van der Waals surface area contributed by atoms with E-state index in [9.17, 15) is 0 Å². The largest absolute Gasteiger partial charge is 0.468 e. The second-order valence-electron chi connectivity index (χ2n) is 25.5. The average Bonchev–Trinajstić information content (AvgIpc) is 3.58. The molecule has 5 aromatic carbocycles. The molecule has 0 atom stereocenters. The summed E-state index contributed by atoms with van der Waals surface area (Å²) in [6, 6.07) is 32.2. The van der Waals surface area contributed by atoms with Crippen molar-refractivity contribution in [3.63, 3.8) is 0 Å². The summed E-state index contributed by atoms with van der Waals surface area (Å²) >= 11 is 0. The van der Waals surface area contributed by atoms with Crippen LogP contribution in [0.25, 0.3) is 11.0 Å². The lowest BCUT2D eigenvalue weighted by molar-refractivity contribution is 0.332. The molecule has 3 nitrogen and oxygen atoms in total. The van der Waals surface area contributed by atoms with Gasteiger partial charge in [0.1, 0.15) is 5.58 Å². The molecule has 0 unspecified atom stereocenters. The van der Waals surface area contributed by atoms with Crippen LogP contribution in [0.1, 0.15) is 162 Å². The number of benzene rings is 5. The quantitative estimate of drug-likeness (QED) is 0.165. The van der Waals surface area contributed by atoms with Gasteiger partial charge in [0.25, 0.3) is 6.71 Å². The van der Waals surface area contributed by atoms with E-state index in [0.29, 0.717) is 0 Å². The number of anilines is 6. The molecule has 10 rings (SSSR count). The van der Waals surface area contributed by atoms with Gasteiger partial charge in [0.15, 0.2) is 0 Å². The van der Waals surface area contributed by atoms with Crippen molar-refractivity contribution in [2.45, 2.75) is 175 Å². The molecule has 1 aromatic heterocycles. The van der Waals surface area contributed by atoms with Gasteiger partial charge >= 0.3 is 0 Å². The summed E-state index contributed by atoms with van der Waals surface area (Å²) in [5.41, 5.74) is 22.7. The zero-order valence-corrected chi connectivity index (χ0v) is 43.4. The Morgan fingerprint density at radius 1 is 0.547 bits per heavy atom. The second-order valence-corrected chi connectivity index (χ2v) is 28.4. The maximum absolute atomic E-state index is 7.48. The highest BCUT2D eigenvalue weighted by Gasteiger charge is 2.50. The first kappa shape index (κ1) is 43.4. The fraction of sp³-hybridized carbons (Fsp3) is 0.458. The fourth-order valence-corrected chi connectivity index (χ4v) is 13.4. The molecule has 4 aliphatic rings. The van der Waals surface area contributed by atoms with Gasteiger partial charge in [-0.15, -0.1) is 0 Å². The van der Waals surface area contributed by atoms with Crippen LogP contribution in [0.4, 0.5) is 34.1 Å². The van der Waals surface area contributed by atoms with Crippen LogP contribution in [0.5, 0.6) is 0 Å². The lowest BCUT2D eigenvalue weighted by atomic mass is 9.35. The third-order valence-electron chi connectivity index (χ3n) is 16.5. The smallest absolute Gasteiger partial charge is 0.297 e. The highest BCUT2D eigenvalue weighted by molar-refractivity contribution is 7.00. The van der Waals surface area contributed by atoms with Crippen molar-refractivity contribution in [1.29, 1.82) is 0 Å². The molecule has 0 amide bonds. The molecule has 0 radical (unpaired) electrons. The SMILES string of the molecule is Cc1cc2c3c(c1)N(c1ccc(C(C)(C)C)cc1[SiH](C)C)c1c(oc4ccc(C(C)(C)C)cc14)B3c1cc3c(cc1N2c1ccc2c(c1)C(C)(C)CCC2(C)C)C(C)(C)CCC3(C)C.